The summed E-state index contributed by atoms with van der Waals surface area (Å²) in [7, 11) is 0. The number of ketones is 3. The molecule has 0 saturated carbocycles. The molecule has 3 aliphatic rings. The third-order valence-corrected chi connectivity index (χ3v) is 12.2. The second-order valence-electron chi connectivity index (χ2n) is 17.2. The van der Waals surface area contributed by atoms with E-state index in [0.29, 0.717) is 0 Å². The third kappa shape index (κ3) is 18.2. The lowest BCUT2D eigenvalue weighted by Gasteiger charge is -2.39. The number of carbonyl (C=O) groups excluding carboxylic acids is 5. The monoisotopic (exact) mass is 972 g/mol. The number of aliphatic hydroxyl groups is 12. The van der Waals surface area contributed by atoms with Crippen LogP contribution >= 0.6 is 0 Å². The zero-order chi connectivity index (χ0) is 49.8. The molecule has 14 N–H and O–H groups in total. The van der Waals surface area contributed by atoms with Crippen LogP contribution < -0.4 is 10.6 Å². The number of aliphatic hydroxyl groups excluding tert-OH is 12. The Balaban J connectivity index is 1.68. The molecule has 0 radical (unpaired) electrons. The second kappa shape index (κ2) is 29.4. The first kappa shape index (κ1) is 58.5. The van der Waals surface area contributed by atoms with Gasteiger partial charge in [0.15, 0.2) is 18.9 Å². The molecule has 25 heteroatoms. The standard InChI is InChI=1S/C42H72N2O23/c1-2-22(48)5-6-24(50)18-42(10-7-23(49)4-3-15-62-39-36(59)33(56)30(53)25(19-45)65-39,11-8-28(51)43-13-16-63-40-37(60)34(57)31(54)26(20-46)66-40)12-9-29(52)44-14-17-64-41-38(61)35(58)32(55)27(21-47)67-41/h25-27,30-41,45-47,53-61H,2-21H2,1H3,(H,43,51)(H,44,52)/t25-,26-,27-,30-,31-,32-,33+,34+,35+,36+,37+,38+,39+,40+,41+/m1/s1. The fraction of sp³-hybridized carbons (Fsp3) is 0.881. The van der Waals surface area contributed by atoms with Crippen molar-refractivity contribution in [1.29, 1.82) is 0 Å². The Hall–Kier alpha value is -2.77. The summed E-state index contributed by atoms with van der Waals surface area (Å²) in [6.45, 7) is -1.22. The molecule has 0 aromatic rings. The fourth-order valence-corrected chi connectivity index (χ4v) is 7.88. The van der Waals surface area contributed by atoms with Crippen LogP contribution in [-0.2, 0) is 52.4 Å². The van der Waals surface area contributed by atoms with E-state index in [-0.39, 0.29) is 127 Å². The third-order valence-electron chi connectivity index (χ3n) is 12.2. The summed E-state index contributed by atoms with van der Waals surface area (Å²) < 4.78 is 32.3. The van der Waals surface area contributed by atoms with Gasteiger partial charge in [0.1, 0.15) is 90.6 Å². The fourth-order valence-electron chi connectivity index (χ4n) is 7.88. The maximum absolute atomic E-state index is 13.5. The van der Waals surface area contributed by atoms with Crippen molar-refractivity contribution in [3.63, 3.8) is 0 Å². The van der Waals surface area contributed by atoms with E-state index in [1.165, 1.54) is 0 Å². The molecule has 0 aromatic carbocycles. The van der Waals surface area contributed by atoms with E-state index < -0.39 is 129 Å². The summed E-state index contributed by atoms with van der Waals surface area (Å²) in [4.78, 5) is 65.4. The van der Waals surface area contributed by atoms with Crippen LogP contribution in [0.3, 0.4) is 0 Å². The molecule has 388 valence electrons. The quantitative estimate of drug-likeness (QED) is 0.0288. The topological polar surface area (TPSA) is 408 Å². The van der Waals surface area contributed by atoms with Crippen LogP contribution in [0.5, 0.6) is 0 Å². The lowest BCUT2D eigenvalue weighted by molar-refractivity contribution is -0.301. The minimum Gasteiger partial charge on any atom is -0.394 e. The number of ether oxygens (including phenoxy) is 6. The molecule has 0 spiro atoms. The predicted molar refractivity (Wildman–Crippen MR) is 224 cm³/mol. The minimum atomic E-state index is -1.68. The van der Waals surface area contributed by atoms with E-state index in [1.54, 1.807) is 6.92 Å². The zero-order valence-corrected chi connectivity index (χ0v) is 37.7. The van der Waals surface area contributed by atoms with Gasteiger partial charge in [-0.3, -0.25) is 24.0 Å². The summed E-state index contributed by atoms with van der Waals surface area (Å²) in [6.07, 6.45) is -23.3. The Morgan fingerprint density at radius 2 is 0.836 bits per heavy atom. The number of nitrogens with one attached hydrogen (secondary N) is 2. The normalized spacial score (nSPS) is 32.4. The Morgan fingerprint density at radius 3 is 1.22 bits per heavy atom. The largest absolute Gasteiger partial charge is 0.394 e. The Bertz CT molecular complexity index is 1380. The highest BCUT2D eigenvalue weighted by Crippen LogP contribution is 2.40. The molecule has 3 fully saturated rings. The van der Waals surface area contributed by atoms with Gasteiger partial charge in [0.25, 0.3) is 0 Å². The van der Waals surface area contributed by atoms with E-state index in [9.17, 15) is 85.3 Å². The number of hydrogen-bond donors (Lipinski definition) is 14. The molecule has 0 bridgehead atoms. The first-order valence-electron chi connectivity index (χ1n) is 22.7. The molecular formula is C42H72N2O23. The zero-order valence-electron chi connectivity index (χ0n) is 37.7. The van der Waals surface area contributed by atoms with E-state index in [2.05, 4.69) is 10.6 Å². The predicted octanol–water partition coefficient (Wildman–Crippen LogP) is -5.94. The van der Waals surface area contributed by atoms with E-state index in [4.69, 9.17) is 28.4 Å². The van der Waals surface area contributed by atoms with Crippen LogP contribution in [0.4, 0.5) is 0 Å². The molecule has 3 rings (SSSR count). The van der Waals surface area contributed by atoms with Gasteiger partial charge in [0.2, 0.25) is 11.8 Å². The van der Waals surface area contributed by atoms with Crippen molar-refractivity contribution in [3.8, 4) is 0 Å². The van der Waals surface area contributed by atoms with Crippen LogP contribution in [0.15, 0.2) is 0 Å². The molecule has 0 unspecified atom stereocenters. The lowest BCUT2D eigenvalue weighted by Crippen LogP contribution is -2.59. The van der Waals surface area contributed by atoms with E-state index in [0.717, 1.165) is 0 Å². The van der Waals surface area contributed by atoms with Crippen molar-refractivity contribution in [1.82, 2.24) is 10.6 Å². The number of rotatable bonds is 31. The second-order valence-corrected chi connectivity index (χ2v) is 17.2. The van der Waals surface area contributed by atoms with Crippen molar-refractivity contribution in [2.24, 2.45) is 5.41 Å². The molecule has 67 heavy (non-hydrogen) atoms. The summed E-state index contributed by atoms with van der Waals surface area (Å²) in [6, 6.07) is 0. The van der Waals surface area contributed by atoms with Gasteiger partial charge in [-0.05, 0) is 31.1 Å². The van der Waals surface area contributed by atoms with E-state index >= 15 is 0 Å². The van der Waals surface area contributed by atoms with Crippen molar-refractivity contribution in [3.05, 3.63) is 0 Å². The summed E-state index contributed by atoms with van der Waals surface area (Å²) in [5.41, 5.74) is -1.15. The van der Waals surface area contributed by atoms with E-state index in [1.807, 2.05) is 0 Å². The average Bonchev–Trinajstić information content (AvgIpc) is 3.32. The molecule has 0 aromatic heterocycles. The molecule has 25 nitrogen and oxygen atoms in total. The summed E-state index contributed by atoms with van der Waals surface area (Å²) in [5, 5.41) is 124. The smallest absolute Gasteiger partial charge is 0.220 e. The van der Waals surface area contributed by atoms with Crippen LogP contribution in [-0.4, -0.2) is 235 Å². The SMILES string of the molecule is CCC(=O)CCC(=O)CC(CCC(=O)CCCO[C@H]1O[C@H](CO)[C@@H](O)[C@H](O)[C@@H]1O)(CCC(=O)NCCO[C@H]1O[C@H](CO)[C@@H](O)[C@H](O)[C@@H]1O)CCC(=O)NCCO[C@H]1O[C@H](CO)[C@@H](O)[C@H](O)[C@@H]1O. The van der Waals surface area contributed by atoms with Gasteiger partial charge in [-0.2, -0.15) is 0 Å². The van der Waals surface area contributed by atoms with Crippen molar-refractivity contribution >= 4 is 29.2 Å². The first-order chi connectivity index (χ1) is 31.8. The van der Waals surface area contributed by atoms with Crippen molar-refractivity contribution < 1.29 is 114 Å². The summed E-state index contributed by atoms with van der Waals surface area (Å²) >= 11 is 0. The van der Waals surface area contributed by atoms with Gasteiger partial charge in [-0.25, -0.2) is 0 Å². The van der Waals surface area contributed by atoms with Gasteiger partial charge in [-0.15, -0.1) is 0 Å². The highest BCUT2D eigenvalue weighted by atomic mass is 16.7. The summed E-state index contributed by atoms with van der Waals surface area (Å²) in [5.74, 6) is -1.84. The maximum Gasteiger partial charge on any atom is 0.220 e. The molecule has 2 amide bonds. The van der Waals surface area contributed by atoms with Gasteiger partial charge in [0.05, 0.1) is 39.6 Å². The Kier molecular flexibility index (Phi) is 25.7. The van der Waals surface area contributed by atoms with Crippen molar-refractivity contribution in [2.45, 2.75) is 176 Å². The highest BCUT2D eigenvalue weighted by molar-refractivity contribution is 5.86. The Labute approximate surface area is 387 Å². The van der Waals surface area contributed by atoms with Gasteiger partial charge < -0.3 is 100 Å². The first-order valence-corrected chi connectivity index (χ1v) is 22.7. The number of amides is 2. The Morgan fingerprint density at radius 1 is 0.463 bits per heavy atom. The van der Waals surface area contributed by atoms with Crippen LogP contribution in [0.1, 0.15) is 84.0 Å². The number of carbonyl (C=O) groups is 5. The maximum atomic E-state index is 13.5. The molecular weight excluding hydrogens is 900 g/mol. The van der Waals surface area contributed by atoms with Crippen LogP contribution in [0.25, 0.3) is 0 Å². The minimum absolute atomic E-state index is 0.0130. The van der Waals surface area contributed by atoms with Crippen LogP contribution in [0, 0.1) is 5.41 Å². The lowest BCUT2D eigenvalue weighted by atomic mass is 9.70. The average molecular weight is 973 g/mol. The van der Waals surface area contributed by atoms with Crippen LogP contribution in [0.2, 0.25) is 0 Å². The molecule has 0 aliphatic carbocycles. The number of Topliss-reactive ketones (excluding diaryl/α,β-unsaturated/α-hetero) is 3. The number of hydrogen-bond acceptors (Lipinski definition) is 23. The highest BCUT2D eigenvalue weighted by Gasteiger charge is 2.46. The van der Waals surface area contributed by atoms with Gasteiger partial charge in [-0.1, -0.05) is 6.92 Å². The molecule has 3 heterocycles. The van der Waals surface area contributed by atoms with Gasteiger partial charge >= 0.3 is 0 Å². The van der Waals surface area contributed by atoms with Crippen molar-refractivity contribution in [2.75, 3.05) is 52.7 Å². The molecule has 3 saturated heterocycles. The molecule has 15 atom stereocenters. The van der Waals surface area contributed by atoms with Gasteiger partial charge in [0, 0.05) is 64.5 Å². The molecule has 3 aliphatic heterocycles.